The van der Waals surface area contributed by atoms with E-state index in [-0.39, 0.29) is 0 Å². The van der Waals surface area contributed by atoms with Gasteiger partial charge in [0.25, 0.3) is 0 Å². The molecule has 0 saturated carbocycles. The van der Waals surface area contributed by atoms with Crippen LogP contribution in [0.5, 0.6) is 0 Å². The topological polar surface area (TPSA) is 28.0 Å². The van der Waals surface area contributed by atoms with Gasteiger partial charge in [-0.15, -0.1) is 0 Å². The van der Waals surface area contributed by atoms with Gasteiger partial charge in [-0.3, -0.25) is 4.90 Å². The minimum Gasteiger partial charge on any atom is -0.293 e. The SMILES string of the molecule is CN1CCCC1C1=NC=C2C(Cl)=NC=C[N+]21C. The van der Waals surface area contributed by atoms with E-state index < -0.39 is 0 Å². The zero-order chi connectivity index (χ0) is 12.0. The van der Waals surface area contributed by atoms with Gasteiger partial charge in [-0.2, -0.15) is 0 Å². The standard InChI is InChI=1S/C12H16ClN4/c1-16-6-3-4-9(16)12-15-8-10-11(13)14-5-7-17(10,12)2/h5,7-9H,3-4,6H2,1-2H3/q+1. The molecule has 17 heavy (non-hydrogen) atoms. The third kappa shape index (κ3) is 1.52. The number of aliphatic imine (C=N–C) groups is 2. The van der Waals surface area contributed by atoms with Crippen molar-refractivity contribution in [3.8, 4) is 0 Å². The molecule has 0 N–H and O–H groups in total. The fourth-order valence-electron chi connectivity index (χ4n) is 2.82. The third-order valence-electron chi connectivity index (χ3n) is 3.88. The maximum Gasteiger partial charge on any atom is 0.230 e. The van der Waals surface area contributed by atoms with Gasteiger partial charge in [-0.05, 0) is 26.4 Å². The van der Waals surface area contributed by atoms with E-state index in [1.807, 2.05) is 6.20 Å². The Morgan fingerprint density at radius 1 is 1.47 bits per heavy atom. The second-order valence-corrected chi connectivity index (χ2v) is 5.29. The summed E-state index contributed by atoms with van der Waals surface area (Å²) in [7, 11) is 4.28. The average Bonchev–Trinajstić information content (AvgIpc) is 2.82. The van der Waals surface area contributed by atoms with Gasteiger partial charge >= 0.3 is 0 Å². The monoisotopic (exact) mass is 251 g/mol. The van der Waals surface area contributed by atoms with Crippen molar-refractivity contribution in [2.45, 2.75) is 18.9 Å². The first kappa shape index (κ1) is 11.1. The number of amidine groups is 1. The van der Waals surface area contributed by atoms with Gasteiger partial charge in [0.2, 0.25) is 5.84 Å². The van der Waals surface area contributed by atoms with Gasteiger partial charge in [0.15, 0.2) is 10.9 Å². The first-order chi connectivity index (χ1) is 8.13. The Morgan fingerprint density at radius 2 is 2.29 bits per heavy atom. The molecule has 0 aromatic rings. The van der Waals surface area contributed by atoms with Crippen LogP contribution in [0.25, 0.3) is 0 Å². The van der Waals surface area contributed by atoms with Crippen LogP contribution < -0.4 is 0 Å². The van der Waals surface area contributed by atoms with E-state index in [4.69, 9.17) is 11.6 Å². The highest BCUT2D eigenvalue weighted by atomic mass is 35.5. The second-order valence-electron chi connectivity index (χ2n) is 4.93. The van der Waals surface area contributed by atoms with Gasteiger partial charge in [0.1, 0.15) is 12.2 Å². The van der Waals surface area contributed by atoms with Crippen molar-refractivity contribution < 1.29 is 4.48 Å². The number of hydrogen-bond donors (Lipinski definition) is 0. The van der Waals surface area contributed by atoms with Crippen molar-refractivity contribution in [2.24, 2.45) is 9.98 Å². The van der Waals surface area contributed by atoms with Crippen molar-refractivity contribution in [2.75, 3.05) is 20.6 Å². The van der Waals surface area contributed by atoms with Crippen LogP contribution in [-0.2, 0) is 0 Å². The summed E-state index contributed by atoms with van der Waals surface area (Å²) in [4.78, 5) is 11.1. The van der Waals surface area contributed by atoms with Crippen LogP contribution >= 0.6 is 11.6 Å². The fourth-order valence-corrected chi connectivity index (χ4v) is 3.10. The maximum absolute atomic E-state index is 6.14. The van der Waals surface area contributed by atoms with Gasteiger partial charge in [0.05, 0.1) is 19.4 Å². The molecule has 1 saturated heterocycles. The molecule has 2 atom stereocenters. The molecule has 0 aromatic carbocycles. The molecular formula is C12H16ClN4+. The van der Waals surface area contributed by atoms with E-state index in [1.54, 1.807) is 6.20 Å². The predicted octanol–water partition coefficient (Wildman–Crippen LogP) is 1.90. The molecule has 0 bridgehead atoms. The van der Waals surface area contributed by atoms with E-state index in [9.17, 15) is 0 Å². The number of likely N-dealkylation sites (tertiary alicyclic amines) is 1. The summed E-state index contributed by atoms with van der Waals surface area (Å²) in [5.74, 6) is 1.16. The number of allylic oxidation sites excluding steroid dienone is 1. The Hall–Kier alpha value is -0.970. The number of rotatable bonds is 1. The first-order valence-corrected chi connectivity index (χ1v) is 6.27. The smallest absolute Gasteiger partial charge is 0.230 e. The lowest BCUT2D eigenvalue weighted by molar-refractivity contribution is -0.717. The van der Waals surface area contributed by atoms with Crippen LogP contribution in [0.2, 0.25) is 0 Å². The van der Waals surface area contributed by atoms with Gasteiger partial charge < -0.3 is 0 Å². The summed E-state index contributed by atoms with van der Waals surface area (Å²) in [5.41, 5.74) is 0.976. The summed E-state index contributed by atoms with van der Waals surface area (Å²) in [6.45, 7) is 1.14. The lowest BCUT2D eigenvalue weighted by Gasteiger charge is -2.33. The number of fused-ring (bicyclic) bond motifs is 1. The Balaban J connectivity index is 1.96. The highest BCUT2D eigenvalue weighted by Crippen LogP contribution is 2.33. The number of halogens is 1. The number of nitrogens with zero attached hydrogens (tertiary/aromatic N) is 4. The quantitative estimate of drug-likeness (QED) is 0.655. The van der Waals surface area contributed by atoms with Crippen molar-refractivity contribution in [1.82, 2.24) is 4.90 Å². The van der Waals surface area contributed by atoms with Crippen molar-refractivity contribution in [1.29, 1.82) is 0 Å². The normalized spacial score (nSPS) is 36.6. The van der Waals surface area contributed by atoms with Gasteiger partial charge in [-0.25, -0.2) is 14.5 Å². The molecule has 0 aliphatic carbocycles. The van der Waals surface area contributed by atoms with E-state index in [0.29, 0.717) is 15.7 Å². The van der Waals surface area contributed by atoms with Crippen LogP contribution in [-0.4, -0.2) is 47.1 Å². The van der Waals surface area contributed by atoms with Crippen LogP contribution in [0.15, 0.2) is 34.3 Å². The zero-order valence-corrected chi connectivity index (χ0v) is 10.9. The number of likely N-dealkylation sites (N-methyl/N-ethyl adjacent to an activating group) is 2. The molecule has 0 radical (unpaired) electrons. The number of hydrogen-bond acceptors (Lipinski definition) is 3. The summed E-state index contributed by atoms with van der Waals surface area (Å²) < 4.78 is 0.581. The Kier molecular flexibility index (Phi) is 2.47. The molecule has 0 aromatic heterocycles. The molecule has 5 heteroatoms. The molecule has 3 aliphatic heterocycles. The first-order valence-electron chi connectivity index (χ1n) is 5.90. The summed E-state index contributed by atoms with van der Waals surface area (Å²) in [5, 5.41) is 0.550. The Labute approximate surface area is 106 Å². The summed E-state index contributed by atoms with van der Waals surface area (Å²) in [6.07, 6.45) is 8.09. The van der Waals surface area contributed by atoms with Gasteiger partial charge in [0, 0.05) is 0 Å². The predicted molar refractivity (Wildman–Crippen MR) is 69.8 cm³/mol. The minimum absolute atomic E-state index is 0.418. The third-order valence-corrected chi connectivity index (χ3v) is 4.17. The largest absolute Gasteiger partial charge is 0.293 e. The molecule has 1 fully saturated rings. The van der Waals surface area contributed by atoms with E-state index >= 15 is 0 Å². The molecule has 3 aliphatic rings. The molecular weight excluding hydrogens is 236 g/mol. The van der Waals surface area contributed by atoms with E-state index in [0.717, 1.165) is 18.1 Å². The van der Waals surface area contributed by atoms with Crippen LogP contribution in [0.4, 0.5) is 0 Å². The second kappa shape index (κ2) is 3.77. The molecule has 90 valence electrons. The van der Waals surface area contributed by atoms with Crippen molar-refractivity contribution >= 4 is 22.6 Å². The maximum atomic E-state index is 6.14. The van der Waals surface area contributed by atoms with E-state index in [1.165, 1.54) is 12.8 Å². The molecule has 0 amide bonds. The molecule has 2 unspecified atom stereocenters. The molecule has 0 spiro atoms. The Morgan fingerprint density at radius 3 is 3.00 bits per heavy atom. The van der Waals surface area contributed by atoms with Crippen LogP contribution in [0, 0.1) is 0 Å². The molecule has 3 rings (SSSR count). The van der Waals surface area contributed by atoms with Crippen molar-refractivity contribution in [3.05, 3.63) is 24.3 Å². The molecule has 4 nitrogen and oxygen atoms in total. The number of quaternary nitrogens is 1. The molecule has 3 heterocycles. The van der Waals surface area contributed by atoms with Crippen molar-refractivity contribution in [3.63, 3.8) is 0 Å². The zero-order valence-electron chi connectivity index (χ0n) is 10.1. The van der Waals surface area contributed by atoms with Gasteiger partial charge in [-0.1, -0.05) is 11.6 Å². The summed E-state index contributed by atoms with van der Waals surface area (Å²) >= 11 is 6.14. The minimum atomic E-state index is 0.418. The van der Waals surface area contributed by atoms with Crippen LogP contribution in [0.3, 0.4) is 0 Å². The van der Waals surface area contributed by atoms with E-state index in [2.05, 4.69) is 35.2 Å². The highest BCUT2D eigenvalue weighted by molar-refractivity contribution is 6.69. The Bertz CT molecular complexity index is 477. The lowest BCUT2D eigenvalue weighted by Crippen LogP contribution is -2.51. The van der Waals surface area contributed by atoms with Crippen LogP contribution in [0.1, 0.15) is 12.8 Å². The average molecular weight is 252 g/mol. The fraction of sp³-hybridized carbons (Fsp3) is 0.500. The summed E-state index contributed by atoms with van der Waals surface area (Å²) in [6, 6.07) is 0.418. The highest BCUT2D eigenvalue weighted by Gasteiger charge is 2.46. The lowest BCUT2D eigenvalue weighted by atomic mass is 10.1.